The van der Waals surface area contributed by atoms with Crippen molar-refractivity contribution in [1.29, 1.82) is 0 Å². The Morgan fingerprint density at radius 3 is 2.90 bits per heavy atom. The summed E-state index contributed by atoms with van der Waals surface area (Å²) < 4.78 is 19.1. The second kappa shape index (κ2) is 4.85. The molecule has 20 heavy (non-hydrogen) atoms. The lowest BCUT2D eigenvalue weighted by Crippen LogP contribution is -2.31. The van der Waals surface area contributed by atoms with Gasteiger partial charge in [0.25, 0.3) is 5.91 Å². The first kappa shape index (κ1) is 12.5. The van der Waals surface area contributed by atoms with Gasteiger partial charge in [-0.2, -0.15) is 0 Å². The predicted molar refractivity (Wildman–Crippen MR) is 74.0 cm³/mol. The number of amides is 1. The predicted octanol–water partition coefficient (Wildman–Crippen LogP) is 2.35. The summed E-state index contributed by atoms with van der Waals surface area (Å²) in [5, 5.41) is 2.51. The average molecular weight is 272 g/mol. The van der Waals surface area contributed by atoms with Crippen LogP contribution in [0.5, 0.6) is 5.75 Å². The number of ether oxygens (including phenoxy) is 1. The molecule has 4 nitrogen and oxygen atoms in total. The highest BCUT2D eigenvalue weighted by molar-refractivity contribution is 5.95. The third-order valence-corrected chi connectivity index (χ3v) is 3.19. The number of carbonyl (C=O) groups excluding carboxylic acids is 1. The number of fused-ring (bicyclic) bond motifs is 1. The Balaban J connectivity index is 1.74. The molecule has 5 heteroatoms. The highest BCUT2D eigenvalue weighted by Crippen LogP contribution is 2.29. The minimum absolute atomic E-state index is 0.0644. The summed E-state index contributed by atoms with van der Waals surface area (Å²) in [6.07, 6.45) is -0.167. The second-order valence-electron chi connectivity index (χ2n) is 4.65. The van der Waals surface area contributed by atoms with Crippen molar-refractivity contribution in [3.05, 3.63) is 53.8 Å². The quantitative estimate of drug-likeness (QED) is 0.825. The molecule has 1 aliphatic rings. The van der Waals surface area contributed by atoms with Crippen molar-refractivity contribution in [2.45, 2.75) is 12.5 Å². The molecule has 1 heterocycles. The minimum atomic E-state index is -0.645. The summed E-state index contributed by atoms with van der Waals surface area (Å²) in [7, 11) is 0. The van der Waals surface area contributed by atoms with Crippen molar-refractivity contribution < 1.29 is 13.9 Å². The summed E-state index contributed by atoms with van der Waals surface area (Å²) in [5.41, 5.74) is 7.00. The largest absolute Gasteiger partial charge is 0.480 e. The van der Waals surface area contributed by atoms with Gasteiger partial charge in [-0.05, 0) is 29.8 Å². The molecule has 0 saturated carbocycles. The van der Waals surface area contributed by atoms with Gasteiger partial charge in [0, 0.05) is 12.1 Å². The molecule has 2 aromatic rings. The third-order valence-electron chi connectivity index (χ3n) is 3.19. The van der Waals surface area contributed by atoms with Crippen LogP contribution in [0.15, 0.2) is 42.5 Å². The Hall–Kier alpha value is -2.56. The molecule has 1 amide bonds. The highest BCUT2D eigenvalue weighted by Gasteiger charge is 2.29. The number of benzene rings is 2. The molecule has 3 N–H and O–H groups in total. The normalized spacial score (nSPS) is 16.4. The maximum atomic E-state index is 13.6. The molecule has 1 unspecified atom stereocenters. The molecule has 0 aliphatic carbocycles. The molecule has 3 rings (SSSR count). The average Bonchev–Trinajstić information content (AvgIpc) is 2.87. The molecule has 0 radical (unpaired) electrons. The third kappa shape index (κ3) is 2.30. The fraction of sp³-hybridized carbons (Fsp3) is 0.133. The Kier molecular flexibility index (Phi) is 3.02. The number of nitrogen functional groups attached to an aromatic ring is 1. The van der Waals surface area contributed by atoms with E-state index < -0.39 is 11.9 Å². The van der Waals surface area contributed by atoms with Crippen molar-refractivity contribution in [2.75, 3.05) is 11.1 Å². The molecule has 0 spiro atoms. The number of hydrogen-bond acceptors (Lipinski definition) is 3. The van der Waals surface area contributed by atoms with Crippen molar-refractivity contribution >= 4 is 17.3 Å². The topological polar surface area (TPSA) is 64.3 Å². The molecule has 2 aromatic carbocycles. The number of nitrogens with two attached hydrogens (primary N) is 1. The van der Waals surface area contributed by atoms with E-state index in [2.05, 4.69) is 5.32 Å². The van der Waals surface area contributed by atoms with Crippen molar-refractivity contribution in [3.8, 4) is 5.75 Å². The Morgan fingerprint density at radius 1 is 1.30 bits per heavy atom. The molecule has 1 atom stereocenters. The summed E-state index contributed by atoms with van der Waals surface area (Å²) in [4.78, 5) is 12.1. The standard InChI is InChI=1S/C15H13FN2O2/c16-11-6-5-10(17)8-12(11)18-15(19)14-7-9-3-1-2-4-13(9)20-14/h1-6,8,14H,7,17H2,(H,18,19). The number of para-hydroxylation sites is 1. The van der Waals surface area contributed by atoms with Gasteiger partial charge < -0.3 is 15.8 Å². The molecule has 0 aromatic heterocycles. The Morgan fingerprint density at radius 2 is 2.10 bits per heavy atom. The van der Waals surface area contributed by atoms with Crippen molar-refractivity contribution in [2.24, 2.45) is 0 Å². The van der Waals surface area contributed by atoms with Crippen LogP contribution in [0.2, 0.25) is 0 Å². The monoisotopic (exact) mass is 272 g/mol. The van der Waals surface area contributed by atoms with Crippen LogP contribution in [-0.2, 0) is 11.2 Å². The van der Waals surface area contributed by atoms with E-state index in [9.17, 15) is 9.18 Å². The van der Waals surface area contributed by atoms with Crippen molar-refractivity contribution in [1.82, 2.24) is 0 Å². The Labute approximate surface area is 115 Å². The highest BCUT2D eigenvalue weighted by atomic mass is 19.1. The van der Waals surface area contributed by atoms with E-state index in [1.54, 1.807) is 0 Å². The van der Waals surface area contributed by atoms with Gasteiger partial charge in [-0.1, -0.05) is 18.2 Å². The van der Waals surface area contributed by atoms with Gasteiger partial charge in [0.1, 0.15) is 11.6 Å². The summed E-state index contributed by atoms with van der Waals surface area (Å²) in [6.45, 7) is 0. The van der Waals surface area contributed by atoms with Crippen LogP contribution in [0.1, 0.15) is 5.56 Å². The van der Waals surface area contributed by atoms with Gasteiger partial charge in [0.2, 0.25) is 0 Å². The molecule has 0 saturated heterocycles. The fourth-order valence-corrected chi connectivity index (χ4v) is 2.18. The van der Waals surface area contributed by atoms with Gasteiger partial charge in [-0.15, -0.1) is 0 Å². The van der Waals surface area contributed by atoms with Crippen LogP contribution in [-0.4, -0.2) is 12.0 Å². The summed E-state index contributed by atoms with van der Waals surface area (Å²) in [5.74, 6) is -0.213. The zero-order chi connectivity index (χ0) is 14.1. The van der Waals surface area contributed by atoms with Crippen LogP contribution in [0.4, 0.5) is 15.8 Å². The Bertz CT molecular complexity index is 648. The lowest BCUT2D eigenvalue weighted by atomic mass is 10.1. The minimum Gasteiger partial charge on any atom is -0.480 e. The fourth-order valence-electron chi connectivity index (χ4n) is 2.18. The van der Waals surface area contributed by atoms with Crippen LogP contribution >= 0.6 is 0 Å². The number of rotatable bonds is 2. The van der Waals surface area contributed by atoms with E-state index in [0.29, 0.717) is 17.9 Å². The van der Waals surface area contributed by atoms with Crippen LogP contribution in [0.3, 0.4) is 0 Å². The maximum Gasteiger partial charge on any atom is 0.265 e. The zero-order valence-corrected chi connectivity index (χ0v) is 10.6. The first-order valence-corrected chi connectivity index (χ1v) is 6.24. The van der Waals surface area contributed by atoms with Gasteiger partial charge in [-0.25, -0.2) is 4.39 Å². The van der Waals surface area contributed by atoms with Gasteiger partial charge in [0.15, 0.2) is 6.10 Å². The number of halogens is 1. The van der Waals surface area contributed by atoms with Gasteiger partial charge in [0.05, 0.1) is 5.69 Å². The summed E-state index contributed by atoms with van der Waals surface area (Å²) >= 11 is 0. The maximum absolute atomic E-state index is 13.6. The lowest BCUT2D eigenvalue weighted by Gasteiger charge is -2.12. The molecular weight excluding hydrogens is 259 g/mol. The van der Waals surface area contributed by atoms with E-state index in [0.717, 1.165) is 5.56 Å². The molecule has 0 fully saturated rings. The van der Waals surface area contributed by atoms with E-state index in [4.69, 9.17) is 10.5 Å². The van der Waals surface area contributed by atoms with Gasteiger partial charge >= 0.3 is 0 Å². The zero-order valence-electron chi connectivity index (χ0n) is 10.6. The van der Waals surface area contributed by atoms with Gasteiger partial charge in [-0.3, -0.25) is 4.79 Å². The number of nitrogens with one attached hydrogen (secondary N) is 1. The number of anilines is 2. The van der Waals surface area contributed by atoms with E-state index in [1.807, 2.05) is 24.3 Å². The molecule has 102 valence electrons. The van der Waals surface area contributed by atoms with E-state index in [1.165, 1.54) is 18.2 Å². The molecule has 0 bridgehead atoms. The lowest BCUT2D eigenvalue weighted by molar-refractivity contribution is -0.122. The number of hydrogen-bond donors (Lipinski definition) is 2. The van der Waals surface area contributed by atoms with E-state index >= 15 is 0 Å². The number of carbonyl (C=O) groups is 1. The molecule has 1 aliphatic heterocycles. The van der Waals surface area contributed by atoms with E-state index in [-0.39, 0.29) is 11.6 Å². The smallest absolute Gasteiger partial charge is 0.265 e. The van der Waals surface area contributed by atoms with Crippen molar-refractivity contribution in [3.63, 3.8) is 0 Å². The SMILES string of the molecule is Nc1ccc(F)c(NC(=O)C2Cc3ccccc3O2)c1. The second-order valence-corrected chi connectivity index (χ2v) is 4.65. The molecular formula is C15H13FN2O2. The summed E-state index contributed by atoms with van der Waals surface area (Å²) in [6, 6.07) is 11.5. The van der Waals surface area contributed by atoms with Crippen LogP contribution in [0, 0.1) is 5.82 Å². The first-order chi connectivity index (χ1) is 9.63. The first-order valence-electron chi connectivity index (χ1n) is 6.24. The van der Waals surface area contributed by atoms with Crippen LogP contribution < -0.4 is 15.8 Å². The van der Waals surface area contributed by atoms with Crippen LogP contribution in [0.25, 0.3) is 0 Å².